The minimum absolute atomic E-state index is 0.345. The van der Waals surface area contributed by atoms with E-state index >= 15 is 0 Å². The van der Waals surface area contributed by atoms with Crippen LogP contribution in [-0.4, -0.2) is 44.9 Å². The van der Waals surface area contributed by atoms with Gasteiger partial charge in [-0.1, -0.05) is 0 Å². The molecule has 9 heteroatoms. The molecule has 164 valence electrons. The van der Waals surface area contributed by atoms with Gasteiger partial charge in [0.2, 0.25) is 0 Å². The van der Waals surface area contributed by atoms with E-state index in [1.54, 1.807) is 35.5 Å². The molecule has 1 saturated carbocycles. The Morgan fingerprint density at radius 1 is 1.12 bits per heavy atom. The molecular formula is C23H23FN6O2. The number of anilines is 2. The second-order valence-corrected chi connectivity index (χ2v) is 8.34. The number of nitrogens with zero attached hydrogens (tertiary/aromatic N) is 5. The molecule has 0 bridgehead atoms. The Balaban J connectivity index is 1.13. The van der Waals surface area contributed by atoms with Crippen molar-refractivity contribution in [2.45, 2.75) is 31.3 Å². The van der Waals surface area contributed by atoms with Crippen molar-refractivity contribution in [1.29, 1.82) is 0 Å². The molecule has 0 unspecified atom stereocenters. The molecule has 1 aliphatic heterocycles. The second-order valence-electron chi connectivity index (χ2n) is 8.34. The Kier molecular flexibility index (Phi) is 5.38. The van der Waals surface area contributed by atoms with E-state index in [2.05, 4.69) is 25.5 Å². The Labute approximate surface area is 184 Å². The number of carbonyl (C=O) groups is 1. The maximum absolute atomic E-state index is 13.0. The van der Waals surface area contributed by atoms with E-state index in [9.17, 15) is 9.18 Å². The van der Waals surface area contributed by atoms with Gasteiger partial charge in [-0.05, 0) is 68.0 Å². The van der Waals surface area contributed by atoms with Gasteiger partial charge in [0.25, 0.3) is 0 Å². The number of ether oxygens (including phenoxy) is 1. The highest BCUT2D eigenvalue weighted by molar-refractivity contribution is 5.89. The third kappa shape index (κ3) is 4.23. The van der Waals surface area contributed by atoms with Crippen LogP contribution in [-0.2, 0) is 4.74 Å². The average molecular weight is 434 g/mol. The zero-order valence-corrected chi connectivity index (χ0v) is 17.4. The lowest BCUT2D eigenvalue weighted by Gasteiger charge is -2.35. The van der Waals surface area contributed by atoms with Crippen molar-refractivity contribution in [3.05, 3.63) is 60.8 Å². The number of aromatic nitrogens is 4. The van der Waals surface area contributed by atoms with E-state index in [0.717, 1.165) is 43.6 Å². The number of nitrogens with one attached hydrogen (secondary N) is 1. The van der Waals surface area contributed by atoms with Gasteiger partial charge in [-0.25, -0.2) is 14.2 Å². The summed E-state index contributed by atoms with van der Waals surface area (Å²) in [6.45, 7) is 1.32. The van der Waals surface area contributed by atoms with E-state index in [1.807, 2.05) is 12.1 Å². The van der Waals surface area contributed by atoms with Crippen molar-refractivity contribution < 1.29 is 13.9 Å². The molecule has 3 aromatic heterocycles. The van der Waals surface area contributed by atoms with Crippen molar-refractivity contribution in [3.8, 4) is 11.3 Å². The molecule has 1 spiro atoms. The second kappa shape index (κ2) is 8.49. The molecule has 2 aliphatic rings. The minimum Gasteiger partial charge on any atom is -0.441 e. The summed E-state index contributed by atoms with van der Waals surface area (Å²) < 4.78 is 18.8. The zero-order valence-electron chi connectivity index (χ0n) is 17.4. The van der Waals surface area contributed by atoms with Gasteiger partial charge in [-0.2, -0.15) is 5.10 Å². The van der Waals surface area contributed by atoms with Crippen molar-refractivity contribution >= 4 is 17.7 Å². The summed E-state index contributed by atoms with van der Waals surface area (Å²) >= 11 is 0. The van der Waals surface area contributed by atoms with Crippen LogP contribution in [0.4, 0.5) is 20.8 Å². The molecule has 0 aromatic carbocycles. The summed E-state index contributed by atoms with van der Waals surface area (Å²) in [5, 5.41) is 11.3. The van der Waals surface area contributed by atoms with Crippen LogP contribution in [0.5, 0.6) is 0 Å². The molecule has 0 atom stereocenters. The first kappa shape index (κ1) is 20.3. The average Bonchev–Trinajstić information content (AvgIpc) is 3.16. The monoisotopic (exact) mass is 434 g/mol. The number of carbonyl (C=O) groups excluding carboxylic acids is 1. The van der Waals surface area contributed by atoms with Crippen LogP contribution < -0.4 is 10.2 Å². The largest absolute Gasteiger partial charge is 0.441 e. The summed E-state index contributed by atoms with van der Waals surface area (Å²) in [5.41, 5.74) is 1.09. The Hall–Kier alpha value is -3.62. The van der Waals surface area contributed by atoms with Crippen molar-refractivity contribution in [1.82, 2.24) is 20.2 Å². The molecule has 3 aromatic rings. The van der Waals surface area contributed by atoms with Crippen LogP contribution in [0.25, 0.3) is 11.3 Å². The van der Waals surface area contributed by atoms with Crippen LogP contribution in [0, 0.1) is 11.7 Å². The topological polar surface area (TPSA) is 93.1 Å². The first-order valence-corrected chi connectivity index (χ1v) is 10.7. The van der Waals surface area contributed by atoms with Gasteiger partial charge >= 0.3 is 6.09 Å². The molecule has 2 fully saturated rings. The maximum Gasteiger partial charge on any atom is 0.416 e. The maximum atomic E-state index is 13.0. The zero-order chi connectivity index (χ0) is 22.0. The van der Waals surface area contributed by atoms with Crippen molar-refractivity contribution in [2.24, 2.45) is 5.92 Å². The Bertz CT molecular complexity index is 1070. The first-order chi connectivity index (χ1) is 15.6. The van der Waals surface area contributed by atoms with E-state index in [0.29, 0.717) is 24.0 Å². The lowest BCUT2D eigenvalue weighted by molar-refractivity contribution is 0.0148. The SMILES string of the molecule is O=C1OC2(CCC(CNc3ccc(-c4ccc(F)cn4)cn3)CC2)CN1c1cccnn1. The quantitative estimate of drug-likeness (QED) is 0.647. The third-order valence-electron chi connectivity index (χ3n) is 6.18. The molecule has 1 amide bonds. The summed E-state index contributed by atoms with van der Waals surface area (Å²) in [7, 11) is 0. The predicted molar refractivity (Wildman–Crippen MR) is 116 cm³/mol. The normalized spacial score (nSPS) is 22.7. The van der Waals surface area contributed by atoms with Crippen LogP contribution in [0.3, 0.4) is 0 Å². The third-order valence-corrected chi connectivity index (χ3v) is 6.18. The van der Waals surface area contributed by atoms with Crippen LogP contribution in [0.1, 0.15) is 25.7 Å². The fourth-order valence-corrected chi connectivity index (χ4v) is 4.35. The number of hydrogen-bond acceptors (Lipinski definition) is 7. The van der Waals surface area contributed by atoms with Crippen molar-refractivity contribution in [3.63, 3.8) is 0 Å². The van der Waals surface area contributed by atoms with Gasteiger partial charge in [-0.15, -0.1) is 5.10 Å². The molecule has 4 heterocycles. The minimum atomic E-state index is -0.437. The number of rotatable bonds is 5. The highest BCUT2D eigenvalue weighted by Gasteiger charge is 2.48. The predicted octanol–water partition coefficient (Wildman–Crippen LogP) is 4.07. The summed E-state index contributed by atoms with van der Waals surface area (Å²) in [6.07, 6.45) is 7.75. The van der Waals surface area contributed by atoms with Gasteiger partial charge in [0.05, 0.1) is 18.4 Å². The highest BCUT2D eigenvalue weighted by atomic mass is 19.1. The van der Waals surface area contributed by atoms with Crippen LogP contribution in [0.15, 0.2) is 55.0 Å². The number of amides is 1. The lowest BCUT2D eigenvalue weighted by Crippen LogP contribution is -2.39. The van der Waals surface area contributed by atoms with Crippen LogP contribution >= 0.6 is 0 Å². The van der Waals surface area contributed by atoms with Gasteiger partial charge in [0.1, 0.15) is 17.2 Å². The fourth-order valence-electron chi connectivity index (χ4n) is 4.35. The molecule has 0 radical (unpaired) electrons. The molecule has 32 heavy (non-hydrogen) atoms. The summed E-state index contributed by atoms with van der Waals surface area (Å²) in [5.74, 6) is 1.44. The molecule has 1 N–H and O–H groups in total. The van der Waals surface area contributed by atoms with Gasteiger partial charge in [0, 0.05) is 24.5 Å². The van der Waals surface area contributed by atoms with E-state index < -0.39 is 5.60 Å². The fraction of sp³-hybridized carbons (Fsp3) is 0.348. The van der Waals surface area contributed by atoms with E-state index in [1.165, 1.54) is 12.3 Å². The first-order valence-electron chi connectivity index (χ1n) is 10.7. The standard InChI is InChI=1S/C23H23FN6O2/c24-18-4-5-19(25-14-18)17-3-6-20(27-13-17)26-12-16-7-9-23(10-8-16)15-30(22(31)32-23)21-2-1-11-28-29-21/h1-6,11,13-14,16H,7-10,12,15H2,(H,26,27). The van der Waals surface area contributed by atoms with Gasteiger partial charge in [0.15, 0.2) is 5.82 Å². The molecule has 5 rings (SSSR count). The molecule has 1 saturated heterocycles. The Morgan fingerprint density at radius 3 is 2.69 bits per heavy atom. The van der Waals surface area contributed by atoms with Gasteiger partial charge in [-0.3, -0.25) is 9.88 Å². The molecule has 1 aliphatic carbocycles. The van der Waals surface area contributed by atoms with E-state index in [-0.39, 0.29) is 11.9 Å². The van der Waals surface area contributed by atoms with E-state index in [4.69, 9.17) is 4.74 Å². The number of hydrogen-bond donors (Lipinski definition) is 1. The van der Waals surface area contributed by atoms with Crippen LogP contribution in [0.2, 0.25) is 0 Å². The summed E-state index contributed by atoms with van der Waals surface area (Å²) in [4.78, 5) is 22.5. The molecule has 8 nitrogen and oxygen atoms in total. The summed E-state index contributed by atoms with van der Waals surface area (Å²) in [6, 6.07) is 10.4. The lowest BCUT2D eigenvalue weighted by atomic mass is 9.78. The number of pyridine rings is 2. The highest BCUT2D eigenvalue weighted by Crippen LogP contribution is 2.40. The smallest absolute Gasteiger partial charge is 0.416 e. The Morgan fingerprint density at radius 2 is 2.00 bits per heavy atom. The van der Waals surface area contributed by atoms with Crippen molar-refractivity contribution in [2.75, 3.05) is 23.3 Å². The number of halogens is 1. The van der Waals surface area contributed by atoms with Gasteiger partial charge < -0.3 is 10.1 Å². The molecular weight excluding hydrogens is 411 g/mol.